The van der Waals surface area contributed by atoms with E-state index in [0.29, 0.717) is 0 Å². The fraction of sp³-hybridized carbons (Fsp3) is 0.231. The Bertz CT molecular complexity index is 548. The molecular weight excluding hydrogens is 275 g/mol. The Kier molecular flexibility index (Phi) is 3.82. The van der Waals surface area contributed by atoms with Gasteiger partial charge in [-0.2, -0.15) is 0 Å². The van der Waals surface area contributed by atoms with E-state index in [1.54, 1.807) is 23.5 Å². The van der Waals surface area contributed by atoms with E-state index in [2.05, 4.69) is 4.74 Å². The lowest BCUT2D eigenvalue weighted by Gasteiger charge is -2.12. The molecule has 0 spiro atoms. The first kappa shape index (κ1) is 13.9. The van der Waals surface area contributed by atoms with Crippen LogP contribution in [0.3, 0.4) is 0 Å². The Balaban J connectivity index is 2.14. The minimum atomic E-state index is -4.67. The first-order valence-electron chi connectivity index (χ1n) is 5.53. The van der Waals surface area contributed by atoms with Crippen molar-refractivity contribution in [3.05, 3.63) is 51.7 Å². The highest BCUT2D eigenvalue weighted by atomic mass is 32.1. The van der Waals surface area contributed by atoms with E-state index >= 15 is 0 Å². The number of nitrogens with two attached hydrogens (primary N) is 1. The number of alkyl halides is 3. The Hall–Kier alpha value is -1.53. The van der Waals surface area contributed by atoms with Crippen molar-refractivity contribution in [1.29, 1.82) is 0 Å². The molecule has 2 aromatic rings. The third kappa shape index (κ3) is 3.71. The molecule has 2 rings (SSSR count). The van der Waals surface area contributed by atoms with Crippen LogP contribution >= 0.6 is 11.3 Å². The molecule has 1 aromatic heterocycles. The van der Waals surface area contributed by atoms with Gasteiger partial charge in [-0.3, -0.25) is 0 Å². The molecule has 1 heterocycles. The molecule has 0 amide bonds. The number of benzene rings is 1. The van der Waals surface area contributed by atoms with Crippen LogP contribution in [0.4, 0.5) is 13.2 Å². The minimum Gasteiger partial charge on any atom is -0.406 e. The highest BCUT2D eigenvalue weighted by Crippen LogP contribution is 2.28. The quantitative estimate of drug-likeness (QED) is 0.926. The summed E-state index contributed by atoms with van der Waals surface area (Å²) < 4.78 is 39.9. The van der Waals surface area contributed by atoms with Crippen molar-refractivity contribution in [3.8, 4) is 5.75 Å². The fourth-order valence-corrected chi connectivity index (χ4v) is 2.57. The smallest absolute Gasteiger partial charge is 0.406 e. The van der Waals surface area contributed by atoms with Crippen molar-refractivity contribution >= 4 is 11.3 Å². The number of halogens is 3. The summed E-state index contributed by atoms with van der Waals surface area (Å²) in [7, 11) is 0. The number of thiophene rings is 1. The van der Waals surface area contributed by atoms with Gasteiger partial charge in [-0.15, -0.1) is 24.5 Å². The molecule has 0 unspecified atom stereocenters. The maximum atomic E-state index is 12.0. The maximum Gasteiger partial charge on any atom is 0.573 e. The third-order valence-corrected chi connectivity index (χ3v) is 3.62. The largest absolute Gasteiger partial charge is 0.573 e. The predicted molar refractivity (Wildman–Crippen MR) is 68.2 cm³/mol. The number of rotatable bonds is 3. The van der Waals surface area contributed by atoms with Gasteiger partial charge < -0.3 is 10.5 Å². The van der Waals surface area contributed by atoms with Crippen LogP contribution in [0.2, 0.25) is 0 Å². The van der Waals surface area contributed by atoms with Gasteiger partial charge in [0.2, 0.25) is 0 Å². The van der Waals surface area contributed by atoms with Crippen molar-refractivity contribution in [1.82, 2.24) is 0 Å². The molecular formula is C13H12F3NOS. The Morgan fingerprint density at radius 3 is 2.21 bits per heavy atom. The lowest BCUT2D eigenvalue weighted by Crippen LogP contribution is -2.17. The molecule has 0 aliphatic rings. The topological polar surface area (TPSA) is 35.2 Å². The monoisotopic (exact) mass is 287 g/mol. The number of aryl methyl sites for hydroxylation is 1. The van der Waals surface area contributed by atoms with Crippen LogP contribution in [0.25, 0.3) is 0 Å². The Morgan fingerprint density at radius 2 is 1.74 bits per heavy atom. The highest BCUT2D eigenvalue weighted by Gasteiger charge is 2.31. The zero-order valence-electron chi connectivity index (χ0n) is 10.1. The van der Waals surface area contributed by atoms with Gasteiger partial charge in [0.05, 0.1) is 6.04 Å². The molecule has 2 nitrogen and oxygen atoms in total. The van der Waals surface area contributed by atoms with Crippen LogP contribution in [0.1, 0.15) is 21.4 Å². The van der Waals surface area contributed by atoms with Crippen molar-refractivity contribution < 1.29 is 17.9 Å². The van der Waals surface area contributed by atoms with Crippen molar-refractivity contribution in [3.63, 3.8) is 0 Å². The molecule has 6 heteroatoms. The Labute approximate surface area is 112 Å². The van der Waals surface area contributed by atoms with Gasteiger partial charge >= 0.3 is 6.36 Å². The van der Waals surface area contributed by atoms with Gasteiger partial charge in [-0.05, 0) is 36.8 Å². The van der Waals surface area contributed by atoms with Gasteiger partial charge in [-0.1, -0.05) is 12.1 Å². The van der Waals surface area contributed by atoms with Gasteiger partial charge in [0.25, 0.3) is 0 Å². The summed E-state index contributed by atoms with van der Waals surface area (Å²) in [6, 6.07) is 9.17. The average molecular weight is 287 g/mol. The molecule has 0 bridgehead atoms. The summed E-state index contributed by atoms with van der Waals surface area (Å²) in [5.74, 6) is -0.245. The van der Waals surface area contributed by atoms with E-state index in [9.17, 15) is 13.2 Å². The molecule has 0 saturated carbocycles. The molecule has 0 radical (unpaired) electrons. The van der Waals surface area contributed by atoms with E-state index in [4.69, 9.17) is 5.73 Å². The first-order chi connectivity index (χ1) is 8.85. The molecule has 1 atom stereocenters. The van der Waals surface area contributed by atoms with E-state index < -0.39 is 6.36 Å². The summed E-state index contributed by atoms with van der Waals surface area (Å²) in [6.07, 6.45) is -4.67. The van der Waals surface area contributed by atoms with Gasteiger partial charge in [0.15, 0.2) is 0 Å². The normalized spacial score (nSPS) is 13.3. The maximum absolute atomic E-state index is 12.0. The van der Waals surface area contributed by atoms with Crippen molar-refractivity contribution in [2.75, 3.05) is 0 Å². The SMILES string of the molecule is Cc1ccc([C@@H](N)c2ccc(OC(F)(F)F)cc2)s1. The second kappa shape index (κ2) is 5.22. The Morgan fingerprint density at radius 1 is 1.11 bits per heavy atom. The summed E-state index contributed by atoms with van der Waals surface area (Å²) in [4.78, 5) is 2.12. The summed E-state index contributed by atoms with van der Waals surface area (Å²) in [5, 5.41) is 0. The van der Waals surface area contributed by atoms with Crippen LogP contribution in [0, 0.1) is 6.92 Å². The number of hydrogen-bond donors (Lipinski definition) is 1. The lowest BCUT2D eigenvalue weighted by molar-refractivity contribution is -0.274. The predicted octanol–water partition coefficient (Wildman–Crippen LogP) is 4.00. The standard InChI is InChI=1S/C13H12F3NOS/c1-8-2-7-11(19-8)12(17)9-3-5-10(6-4-9)18-13(14,15)16/h2-7,12H,17H2,1H3/t12-/m0/s1. The molecule has 102 valence electrons. The third-order valence-electron chi connectivity index (χ3n) is 2.54. The molecule has 0 saturated heterocycles. The van der Waals surface area contributed by atoms with Crippen LogP contribution < -0.4 is 10.5 Å². The van der Waals surface area contributed by atoms with E-state index in [1.165, 1.54) is 12.1 Å². The molecule has 2 N–H and O–H groups in total. The fourth-order valence-electron chi connectivity index (χ4n) is 1.66. The minimum absolute atomic E-state index is 0.245. The second-order valence-corrected chi connectivity index (χ2v) is 5.36. The lowest BCUT2D eigenvalue weighted by atomic mass is 10.1. The summed E-state index contributed by atoms with van der Waals surface area (Å²) >= 11 is 1.57. The summed E-state index contributed by atoms with van der Waals surface area (Å²) in [6.45, 7) is 1.97. The zero-order chi connectivity index (χ0) is 14.0. The van der Waals surface area contributed by atoms with Crippen LogP contribution in [-0.2, 0) is 0 Å². The first-order valence-corrected chi connectivity index (χ1v) is 6.34. The van der Waals surface area contributed by atoms with E-state index in [-0.39, 0.29) is 11.8 Å². The number of ether oxygens (including phenoxy) is 1. The van der Waals surface area contributed by atoms with Crippen LogP contribution in [0.5, 0.6) is 5.75 Å². The highest BCUT2D eigenvalue weighted by molar-refractivity contribution is 7.12. The van der Waals surface area contributed by atoms with Gasteiger partial charge in [-0.25, -0.2) is 0 Å². The number of hydrogen-bond acceptors (Lipinski definition) is 3. The van der Waals surface area contributed by atoms with E-state index in [1.807, 2.05) is 19.1 Å². The molecule has 0 aliphatic heterocycles. The molecule has 0 aliphatic carbocycles. The van der Waals surface area contributed by atoms with Crippen LogP contribution in [-0.4, -0.2) is 6.36 Å². The molecule has 1 aromatic carbocycles. The van der Waals surface area contributed by atoms with Crippen LogP contribution in [0.15, 0.2) is 36.4 Å². The molecule has 0 fully saturated rings. The van der Waals surface area contributed by atoms with Gasteiger partial charge in [0, 0.05) is 9.75 Å². The zero-order valence-corrected chi connectivity index (χ0v) is 10.9. The van der Waals surface area contributed by atoms with Crippen molar-refractivity contribution in [2.45, 2.75) is 19.3 Å². The second-order valence-electron chi connectivity index (χ2n) is 4.04. The summed E-state index contributed by atoms with van der Waals surface area (Å²) in [5.41, 5.74) is 6.80. The van der Waals surface area contributed by atoms with Gasteiger partial charge in [0.1, 0.15) is 5.75 Å². The van der Waals surface area contributed by atoms with E-state index in [0.717, 1.165) is 15.3 Å². The van der Waals surface area contributed by atoms with Crippen molar-refractivity contribution in [2.24, 2.45) is 5.73 Å². The molecule has 19 heavy (non-hydrogen) atoms. The average Bonchev–Trinajstić information content (AvgIpc) is 2.74.